The Balaban J connectivity index is 1.99. The Morgan fingerprint density at radius 1 is 0.806 bits per heavy atom. The lowest BCUT2D eigenvalue weighted by atomic mass is 9.99. The molecule has 0 aliphatic carbocycles. The molecule has 162 valence electrons. The Labute approximate surface area is 184 Å². The van der Waals surface area contributed by atoms with Crippen molar-refractivity contribution in [3.8, 4) is 22.6 Å². The van der Waals surface area contributed by atoms with Crippen LogP contribution in [-0.2, 0) is 11.3 Å². The first-order valence-electron chi connectivity index (χ1n) is 10.8. The topological polar surface area (TPSA) is 44.8 Å². The minimum atomic E-state index is -0.421. The average molecular weight is 419 g/mol. The highest BCUT2D eigenvalue weighted by Gasteiger charge is 2.22. The average Bonchev–Trinajstić information content (AvgIpc) is 2.83. The fourth-order valence-electron chi connectivity index (χ4n) is 3.42. The van der Waals surface area contributed by atoms with Crippen LogP contribution >= 0.6 is 0 Å². The molecule has 0 bridgehead atoms. The lowest BCUT2D eigenvalue weighted by molar-refractivity contribution is 0.0596. The van der Waals surface area contributed by atoms with Crippen LogP contribution in [0.4, 0.5) is 0 Å². The third kappa shape index (κ3) is 6.11. The van der Waals surface area contributed by atoms with E-state index in [1.54, 1.807) is 6.07 Å². The quantitative estimate of drug-likeness (QED) is 0.257. The van der Waals surface area contributed by atoms with Crippen LogP contribution in [0, 0.1) is 0 Å². The summed E-state index contributed by atoms with van der Waals surface area (Å²) in [6.07, 6.45) is 4.34. The molecule has 0 atom stereocenters. The second-order valence-corrected chi connectivity index (χ2v) is 7.36. The zero-order valence-electron chi connectivity index (χ0n) is 18.3. The summed E-state index contributed by atoms with van der Waals surface area (Å²) in [5.74, 6) is 0.765. The van der Waals surface area contributed by atoms with Crippen LogP contribution in [0.5, 0.6) is 11.5 Å². The Morgan fingerprint density at radius 2 is 1.52 bits per heavy atom. The van der Waals surface area contributed by atoms with Gasteiger partial charge in [-0.1, -0.05) is 86.8 Å². The van der Waals surface area contributed by atoms with Crippen molar-refractivity contribution in [1.82, 2.24) is 0 Å². The number of carbonyl (C=O) groups is 1. The number of esters is 1. The molecule has 3 rings (SSSR count). The van der Waals surface area contributed by atoms with Crippen LogP contribution in [0.2, 0.25) is 0 Å². The molecule has 3 aromatic carbocycles. The highest BCUT2D eigenvalue weighted by Crippen LogP contribution is 2.41. The van der Waals surface area contributed by atoms with Gasteiger partial charge in [0.15, 0.2) is 0 Å². The van der Waals surface area contributed by atoms with Gasteiger partial charge in [0.25, 0.3) is 0 Å². The van der Waals surface area contributed by atoms with Gasteiger partial charge >= 0.3 is 5.97 Å². The largest absolute Gasteiger partial charge is 0.492 e. The van der Waals surface area contributed by atoms with Gasteiger partial charge in [-0.05, 0) is 29.7 Å². The fourth-order valence-corrected chi connectivity index (χ4v) is 3.42. The summed E-state index contributed by atoms with van der Waals surface area (Å²) in [4.78, 5) is 12.5. The fraction of sp³-hybridized carbons (Fsp3) is 0.296. The van der Waals surface area contributed by atoms with Crippen molar-refractivity contribution in [2.45, 2.75) is 39.2 Å². The molecule has 31 heavy (non-hydrogen) atoms. The molecule has 4 heteroatoms. The van der Waals surface area contributed by atoms with Crippen LogP contribution in [0.15, 0.2) is 72.8 Å². The van der Waals surface area contributed by atoms with E-state index in [9.17, 15) is 4.79 Å². The SMILES string of the molecule is CCCCCCOc1c(C(=O)OC)ccc(OCc2ccccc2)c1-c1ccccc1. The molecule has 3 aromatic rings. The maximum absolute atomic E-state index is 12.5. The molecule has 0 fully saturated rings. The van der Waals surface area contributed by atoms with E-state index in [4.69, 9.17) is 14.2 Å². The summed E-state index contributed by atoms with van der Waals surface area (Å²) in [7, 11) is 1.38. The van der Waals surface area contributed by atoms with E-state index in [-0.39, 0.29) is 0 Å². The van der Waals surface area contributed by atoms with Crippen LogP contribution in [0.3, 0.4) is 0 Å². The van der Waals surface area contributed by atoms with Crippen molar-refractivity contribution in [1.29, 1.82) is 0 Å². The first-order chi connectivity index (χ1) is 15.2. The summed E-state index contributed by atoms with van der Waals surface area (Å²) in [5, 5.41) is 0. The Bertz CT molecular complexity index is 952. The Morgan fingerprint density at radius 3 is 2.19 bits per heavy atom. The van der Waals surface area contributed by atoms with Crippen LogP contribution in [0.25, 0.3) is 11.1 Å². The molecule has 0 radical (unpaired) electrons. The number of hydrogen-bond donors (Lipinski definition) is 0. The number of hydrogen-bond acceptors (Lipinski definition) is 4. The molecule has 0 aromatic heterocycles. The monoisotopic (exact) mass is 418 g/mol. The van der Waals surface area contributed by atoms with Gasteiger partial charge in [0.2, 0.25) is 0 Å². The maximum atomic E-state index is 12.5. The molecule has 0 heterocycles. The van der Waals surface area contributed by atoms with Gasteiger partial charge in [0.05, 0.1) is 19.3 Å². The van der Waals surface area contributed by atoms with Crippen LogP contribution in [0.1, 0.15) is 48.5 Å². The van der Waals surface area contributed by atoms with E-state index < -0.39 is 5.97 Å². The molecule has 0 saturated heterocycles. The summed E-state index contributed by atoms with van der Waals surface area (Å²) < 4.78 is 17.4. The van der Waals surface area contributed by atoms with E-state index >= 15 is 0 Å². The van der Waals surface area contributed by atoms with E-state index in [1.165, 1.54) is 13.5 Å². The van der Waals surface area contributed by atoms with E-state index in [2.05, 4.69) is 6.92 Å². The molecular formula is C27H30O4. The van der Waals surface area contributed by atoms with Gasteiger partial charge in [-0.3, -0.25) is 0 Å². The summed E-state index contributed by atoms with van der Waals surface area (Å²) >= 11 is 0. The second kappa shape index (κ2) is 11.8. The highest BCUT2D eigenvalue weighted by molar-refractivity contribution is 5.97. The summed E-state index contributed by atoms with van der Waals surface area (Å²) in [5.41, 5.74) is 3.18. The van der Waals surface area contributed by atoms with E-state index in [0.29, 0.717) is 30.3 Å². The van der Waals surface area contributed by atoms with Crippen molar-refractivity contribution in [2.75, 3.05) is 13.7 Å². The van der Waals surface area contributed by atoms with E-state index in [1.807, 2.05) is 66.7 Å². The molecule has 0 aliphatic heterocycles. The number of rotatable bonds is 11. The molecule has 4 nitrogen and oxygen atoms in total. The molecule has 0 saturated carbocycles. The predicted octanol–water partition coefficient (Wildman–Crippen LogP) is 6.68. The van der Waals surface area contributed by atoms with Gasteiger partial charge < -0.3 is 14.2 Å². The third-order valence-electron chi connectivity index (χ3n) is 5.07. The number of methoxy groups -OCH3 is 1. The molecular weight excluding hydrogens is 388 g/mol. The second-order valence-electron chi connectivity index (χ2n) is 7.36. The van der Waals surface area contributed by atoms with E-state index in [0.717, 1.165) is 36.0 Å². The van der Waals surface area contributed by atoms with Gasteiger partial charge in [0, 0.05) is 0 Å². The minimum Gasteiger partial charge on any atom is -0.492 e. The Hall–Kier alpha value is -3.27. The van der Waals surface area contributed by atoms with Crippen molar-refractivity contribution in [3.63, 3.8) is 0 Å². The van der Waals surface area contributed by atoms with Crippen molar-refractivity contribution >= 4 is 5.97 Å². The number of ether oxygens (including phenoxy) is 3. The summed E-state index contributed by atoms with van der Waals surface area (Å²) in [6.45, 7) is 3.14. The standard InChI is InChI=1S/C27H30O4/c1-3-4-5-12-19-30-26-23(27(28)29-2)17-18-24(25(26)22-15-10-7-11-16-22)31-20-21-13-8-6-9-14-21/h6-11,13-18H,3-5,12,19-20H2,1-2H3. The molecule has 0 amide bonds. The van der Waals surface area contributed by atoms with Crippen molar-refractivity contribution in [3.05, 3.63) is 83.9 Å². The normalized spacial score (nSPS) is 10.5. The lowest BCUT2D eigenvalue weighted by Crippen LogP contribution is -2.09. The lowest BCUT2D eigenvalue weighted by Gasteiger charge is -2.19. The smallest absolute Gasteiger partial charge is 0.341 e. The van der Waals surface area contributed by atoms with Gasteiger partial charge in [-0.15, -0.1) is 0 Å². The molecule has 0 aliphatic rings. The first-order valence-corrected chi connectivity index (χ1v) is 10.8. The van der Waals surface area contributed by atoms with Gasteiger partial charge in [0.1, 0.15) is 23.7 Å². The zero-order chi connectivity index (χ0) is 21.9. The Kier molecular flexibility index (Phi) is 8.53. The van der Waals surface area contributed by atoms with Crippen LogP contribution in [-0.4, -0.2) is 19.7 Å². The van der Waals surface area contributed by atoms with Crippen LogP contribution < -0.4 is 9.47 Å². The highest BCUT2D eigenvalue weighted by atomic mass is 16.5. The number of benzene rings is 3. The van der Waals surface area contributed by atoms with Crippen molar-refractivity contribution in [2.24, 2.45) is 0 Å². The molecule has 0 unspecified atom stereocenters. The number of carbonyl (C=O) groups excluding carboxylic acids is 1. The number of unbranched alkanes of at least 4 members (excludes halogenated alkanes) is 3. The summed E-state index contributed by atoms with van der Waals surface area (Å²) in [6, 6.07) is 23.4. The van der Waals surface area contributed by atoms with Crippen molar-refractivity contribution < 1.29 is 19.0 Å². The molecule has 0 N–H and O–H groups in total. The third-order valence-corrected chi connectivity index (χ3v) is 5.07. The minimum absolute atomic E-state index is 0.406. The predicted molar refractivity (Wildman–Crippen MR) is 124 cm³/mol. The molecule has 0 spiro atoms. The van der Waals surface area contributed by atoms with Gasteiger partial charge in [-0.25, -0.2) is 4.79 Å². The zero-order valence-corrected chi connectivity index (χ0v) is 18.3. The first kappa shape index (κ1) is 22.4. The van der Waals surface area contributed by atoms with Gasteiger partial charge in [-0.2, -0.15) is 0 Å². The maximum Gasteiger partial charge on any atom is 0.341 e.